The number of aliphatic hydroxyl groups excluding tert-OH is 1. The Balaban J connectivity index is 0.00000368. The molecule has 226 valence electrons. The Morgan fingerprint density at radius 3 is 2.42 bits per heavy atom. The summed E-state index contributed by atoms with van der Waals surface area (Å²) >= 11 is 0. The molecule has 1 atom stereocenters. The lowest BCUT2D eigenvalue weighted by Crippen LogP contribution is -2.38. The number of halogens is 1. The first kappa shape index (κ1) is 30.4. The number of aliphatic hydroxyl groups is 1. The summed E-state index contributed by atoms with van der Waals surface area (Å²) in [5.74, 6) is 0.0707. The van der Waals surface area contributed by atoms with E-state index in [1.165, 1.54) is 0 Å². The molecule has 43 heavy (non-hydrogen) atoms. The van der Waals surface area contributed by atoms with Gasteiger partial charge in [0.25, 0.3) is 11.7 Å². The van der Waals surface area contributed by atoms with Crippen molar-refractivity contribution in [3.8, 4) is 17.2 Å². The molecule has 6 rings (SSSR count). The van der Waals surface area contributed by atoms with Gasteiger partial charge < -0.3 is 29.0 Å². The summed E-state index contributed by atoms with van der Waals surface area (Å²) in [4.78, 5) is 30.9. The standard InChI is InChI=1S/C33H34N2O7.ClH/c36-31(25-10-11-27-28(21-25)41-19-18-40-27)29-30(24-8-4-9-26(20-24)42-22-23-6-2-1-3-7-23)35(33(38)32(29)37)13-5-12-34-14-16-39-17-15-34;/h1-4,6-11,20-21,30,36H,5,12-19,22H2;1H. The highest BCUT2D eigenvalue weighted by molar-refractivity contribution is 6.46. The topological polar surface area (TPSA) is 97.8 Å². The fourth-order valence-corrected chi connectivity index (χ4v) is 5.61. The number of amides is 1. The number of fused-ring (bicyclic) bond motifs is 1. The minimum Gasteiger partial charge on any atom is -0.507 e. The van der Waals surface area contributed by atoms with Crippen molar-refractivity contribution in [3.63, 3.8) is 0 Å². The van der Waals surface area contributed by atoms with Crippen molar-refractivity contribution in [2.75, 3.05) is 52.6 Å². The van der Waals surface area contributed by atoms with Gasteiger partial charge in [0.05, 0.1) is 24.8 Å². The van der Waals surface area contributed by atoms with Crippen LogP contribution in [0, 0.1) is 0 Å². The predicted octanol–water partition coefficient (Wildman–Crippen LogP) is 4.60. The second-order valence-corrected chi connectivity index (χ2v) is 10.5. The molecule has 1 N–H and O–H groups in total. The van der Waals surface area contributed by atoms with Gasteiger partial charge in [-0.3, -0.25) is 14.5 Å². The van der Waals surface area contributed by atoms with E-state index in [1.807, 2.05) is 54.6 Å². The monoisotopic (exact) mass is 606 g/mol. The molecule has 3 heterocycles. The van der Waals surface area contributed by atoms with Gasteiger partial charge in [0.2, 0.25) is 0 Å². The summed E-state index contributed by atoms with van der Waals surface area (Å²) in [6.45, 7) is 5.41. The molecule has 0 spiro atoms. The van der Waals surface area contributed by atoms with Crippen LogP contribution in [0.1, 0.15) is 29.2 Å². The van der Waals surface area contributed by atoms with Crippen LogP contribution < -0.4 is 14.2 Å². The van der Waals surface area contributed by atoms with Gasteiger partial charge in [-0.05, 0) is 47.9 Å². The van der Waals surface area contributed by atoms with Gasteiger partial charge in [-0.15, -0.1) is 12.4 Å². The molecular formula is C33H35ClN2O7. The van der Waals surface area contributed by atoms with Gasteiger partial charge in [0, 0.05) is 31.7 Å². The summed E-state index contributed by atoms with van der Waals surface area (Å²) in [5.41, 5.74) is 2.14. The third-order valence-corrected chi connectivity index (χ3v) is 7.75. The lowest BCUT2D eigenvalue weighted by Gasteiger charge is -2.29. The molecule has 10 heteroatoms. The molecule has 0 aromatic heterocycles. The van der Waals surface area contributed by atoms with E-state index in [4.69, 9.17) is 18.9 Å². The number of rotatable bonds is 9. The van der Waals surface area contributed by atoms with Crippen molar-refractivity contribution in [2.45, 2.75) is 19.1 Å². The maximum atomic E-state index is 13.5. The number of Topliss-reactive ketones (excluding diaryl/α,β-unsaturated/α-hetero) is 1. The van der Waals surface area contributed by atoms with E-state index in [0.29, 0.717) is 74.4 Å². The van der Waals surface area contributed by atoms with Gasteiger partial charge in [-0.25, -0.2) is 0 Å². The van der Waals surface area contributed by atoms with Crippen molar-refractivity contribution < 1.29 is 33.6 Å². The Morgan fingerprint density at radius 1 is 0.860 bits per heavy atom. The summed E-state index contributed by atoms with van der Waals surface area (Å²) in [7, 11) is 0. The van der Waals surface area contributed by atoms with Gasteiger partial charge in [-0.2, -0.15) is 0 Å². The average Bonchev–Trinajstić information content (AvgIpc) is 3.29. The average molecular weight is 607 g/mol. The van der Waals surface area contributed by atoms with E-state index in [1.54, 1.807) is 23.1 Å². The number of morpholine rings is 1. The number of nitrogens with zero attached hydrogens (tertiary/aromatic N) is 2. The Bertz CT molecular complexity index is 1470. The minimum atomic E-state index is -0.775. The number of likely N-dealkylation sites (tertiary alicyclic amines) is 1. The van der Waals surface area contributed by atoms with Gasteiger partial charge in [0.1, 0.15) is 31.3 Å². The van der Waals surface area contributed by atoms with E-state index in [-0.39, 0.29) is 23.7 Å². The normalized spacial score (nSPS) is 19.6. The molecule has 0 radical (unpaired) electrons. The van der Waals surface area contributed by atoms with Crippen LogP contribution in [0.3, 0.4) is 0 Å². The quantitative estimate of drug-likeness (QED) is 0.214. The fraction of sp³-hybridized carbons (Fsp3) is 0.333. The summed E-state index contributed by atoms with van der Waals surface area (Å²) in [5, 5.41) is 11.5. The van der Waals surface area contributed by atoms with Crippen LogP contribution in [0.25, 0.3) is 5.76 Å². The number of hydrogen-bond donors (Lipinski definition) is 1. The summed E-state index contributed by atoms with van der Waals surface area (Å²) in [6, 6.07) is 21.5. The van der Waals surface area contributed by atoms with Crippen molar-refractivity contribution in [1.82, 2.24) is 9.80 Å². The first-order valence-electron chi connectivity index (χ1n) is 14.3. The highest BCUT2D eigenvalue weighted by atomic mass is 35.5. The van der Waals surface area contributed by atoms with Crippen LogP contribution in [-0.2, 0) is 20.9 Å². The number of ether oxygens (including phenoxy) is 4. The number of carbonyl (C=O) groups excluding carboxylic acids is 2. The fourth-order valence-electron chi connectivity index (χ4n) is 5.61. The lowest BCUT2D eigenvalue weighted by molar-refractivity contribution is -0.140. The highest BCUT2D eigenvalue weighted by Crippen LogP contribution is 2.42. The minimum absolute atomic E-state index is 0. The van der Waals surface area contributed by atoms with Crippen molar-refractivity contribution in [1.29, 1.82) is 0 Å². The molecule has 9 nitrogen and oxygen atoms in total. The van der Waals surface area contributed by atoms with Gasteiger partial charge >= 0.3 is 0 Å². The van der Waals surface area contributed by atoms with E-state index in [0.717, 1.165) is 25.2 Å². The molecule has 1 unspecified atom stereocenters. The second-order valence-electron chi connectivity index (χ2n) is 10.5. The SMILES string of the molecule is Cl.O=C1C(=O)N(CCCN2CCOCC2)C(c2cccc(OCc3ccccc3)c2)C1=C(O)c1ccc2c(c1)OCCO2. The largest absolute Gasteiger partial charge is 0.507 e. The third kappa shape index (κ3) is 6.80. The van der Waals surface area contributed by atoms with E-state index >= 15 is 0 Å². The number of benzene rings is 3. The van der Waals surface area contributed by atoms with E-state index in [9.17, 15) is 14.7 Å². The molecule has 1 amide bonds. The van der Waals surface area contributed by atoms with E-state index in [2.05, 4.69) is 4.90 Å². The van der Waals surface area contributed by atoms with Crippen molar-refractivity contribution in [3.05, 3.63) is 95.1 Å². The number of hydrogen-bond acceptors (Lipinski definition) is 8. The first-order valence-corrected chi connectivity index (χ1v) is 14.3. The third-order valence-electron chi connectivity index (χ3n) is 7.75. The van der Waals surface area contributed by atoms with Crippen LogP contribution in [0.2, 0.25) is 0 Å². The van der Waals surface area contributed by atoms with Crippen molar-refractivity contribution in [2.24, 2.45) is 0 Å². The molecule has 0 aliphatic carbocycles. The zero-order valence-corrected chi connectivity index (χ0v) is 24.6. The smallest absolute Gasteiger partial charge is 0.295 e. The Labute approximate surface area is 257 Å². The molecule has 2 saturated heterocycles. The first-order chi connectivity index (χ1) is 20.6. The molecule has 3 aliphatic rings. The molecule has 0 bridgehead atoms. The highest BCUT2D eigenvalue weighted by Gasteiger charge is 2.46. The van der Waals surface area contributed by atoms with Crippen LogP contribution in [0.5, 0.6) is 17.2 Å². The van der Waals surface area contributed by atoms with Crippen LogP contribution in [0.15, 0.2) is 78.4 Å². The van der Waals surface area contributed by atoms with Crippen LogP contribution in [-0.4, -0.2) is 79.2 Å². The molecule has 3 aromatic rings. The second kappa shape index (κ2) is 13.9. The summed E-state index contributed by atoms with van der Waals surface area (Å²) < 4.78 is 22.8. The lowest BCUT2D eigenvalue weighted by atomic mass is 9.95. The summed E-state index contributed by atoms with van der Waals surface area (Å²) in [6.07, 6.45) is 0.678. The van der Waals surface area contributed by atoms with Gasteiger partial charge in [-0.1, -0.05) is 42.5 Å². The van der Waals surface area contributed by atoms with E-state index < -0.39 is 17.7 Å². The Morgan fingerprint density at radius 2 is 1.63 bits per heavy atom. The van der Waals surface area contributed by atoms with Crippen LogP contribution >= 0.6 is 12.4 Å². The van der Waals surface area contributed by atoms with Crippen molar-refractivity contribution >= 4 is 29.9 Å². The maximum absolute atomic E-state index is 13.5. The molecular weight excluding hydrogens is 572 g/mol. The molecule has 0 saturated carbocycles. The van der Waals surface area contributed by atoms with Gasteiger partial charge in [0.15, 0.2) is 11.5 Å². The Hall–Kier alpha value is -4.05. The Kier molecular flexibility index (Phi) is 9.86. The zero-order chi connectivity index (χ0) is 28.9. The molecule has 2 fully saturated rings. The number of carbonyl (C=O) groups is 2. The number of ketones is 1. The predicted molar refractivity (Wildman–Crippen MR) is 163 cm³/mol. The zero-order valence-electron chi connectivity index (χ0n) is 23.8. The van der Waals surface area contributed by atoms with Crippen LogP contribution in [0.4, 0.5) is 0 Å². The molecule has 3 aromatic carbocycles. The molecule has 3 aliphatic heterocycles. The maximum Gasteiger partial charge on any atom is 0.295 e.